The standard InChI is InChI=1S/C15H23N3O/c1-2-11(1)10-19-8-7-18-14-5-6-16-9-13(14)17-15(18)12-3-4-12/h11-12,16H,1-10H2. The van der Waals surface area contributed by atoms with E-state index in [0.717, 1.165) is 51.1 Å². The van der Waals surface area contributed by atoms with Gasteiger partial charge in [0, 0.05) is 44.3 Å². The molecule has 1 aromatic rings. The van der Waals surface area contributed by atoms with Gasteiger partial charge in [0.2, 0.25) is 0 Å². The maximum Gasteiger partial charge on any atom is 0.112 e. The predicted octanol–water partition coefficient (Wildman–Crippen LogP) is 1.83. The predicted molar refractivity (Wildman–Crippen MR) is 73.2 cm³/mol. The Bertz CT molecular complexity index is 460. The Morgan fingerprint density at radius 3 is 2.95 bits per heavy atom. The van der Waals surface area contributed by atoms with Gasteiger partial charge in [0.15, 0.2) is 0 Å². The molecule has 0 atom stereocenters. The Morgan fingerprint density at radius 1 is 1.26 bits per heavy atom. The van der Waals surface area contributed by atoms with Crippen molar-refractivity contribution in [3.63, 3.8) is 0 Å². The molecular weight excluding hydrogens is 238 g/mol. The van der Waals surface area contributed by atoms with Gasteiger partial charge in [-0.2, -0.15) is 0 Å². The lowest BCUT2D eigenvalue weighted by molar-refractivity contribution is 0.116. The molecule has 104 valence electrons. The van der Waals surface area contributed by atoms with Gasteiger partial charge >= 0.3 is 0 Å². The summed E-state index contributed by atoms with van der Waals surface area (Å²) in [5, 5.41) is 3.42. The minimum absolute atomic E-state index is 0.731. The molecule has 2 heterocycles. The van der Waals surface area contributed by atoms with Crippen molar-refractivity contribution in [2.24, 2.45) is 5.92 Å². The maximum absolute atomic E-state index is 5.81. The van der Waals surface area contributed by atoms with Crippen molar-refractivity contribution in [2.75, 3.05) is 19.8 Å². The number of hydrogen-bond donors (Lipinski definition) is 1. The van der Waals surface area contributed by atoms with E-state index in [1.807, 2.05) is 0 Å². The van der Waals surface area contributed by atoms with Crippen LogP contribution in [-0.2, 0) is 24.2 Å². The summed E-state index contributed by atoms with van der Waals surface area (Å²) in [6.07, 6.45) is 6.52. The lowest BCUT2D eigenvalue weighted by Crippen LogP contribution is -2.25. The summed E-state index contributed by atoms with van der Waals surface area (Å²) in [6.45, 7) is 4.86. The lowest BCUT2D eigenvalue weighted by atomic mass is 10.2. The highest BCUT2D eigenvalue weighted by molar-refractivity contribution is 5.24. The van der Waals surface area contributed by atoms with E-state index in [0.29, 0.717) is 0 Å². The van der Waals surface area contributed by atoms with Crippen LogP contribution in [0.4, 0.5) is 0 Å². The Balaban J connectivity index is 1.46. The highest BCUT2D eigenvalue weighted by Gasteiger charge is 2.31. The molecule has 4 rings (SSSR count). The van der Waals surface area contributed by atoms with Gasteiger partial charge in [0.1, 0.15) is 5.82 Å². The van der Waals surface area contributed by atoms with Crippen molar-refractivity contribution in [3.8, 4) is 0 Å². The molecule has 2 saturated carbocycles. The summed E-state index contributed by atoms with van der Waals surface area (Å²) in [5.41, 5.74) is 2.76. The van der Waals surface area contributed by atoms with Gasteiger partial charge in [0.05, 0.1) is 12.3 Å². The molecule has 0 saturated heterocycles. The Kier molecular flexibility index (Phi) is 3.08. The molecule has 0 radical (unpaired) electrons. The van der Waals surface area contributed by atoms with Crippen LogP contribution in [0.1, 0.15) is 48.8 Å². The van der Waals surface area contributed by atoms with Crippen molar-refractivity contribution in [1.82, 2.24) is 14.9 Å². The largest absolute Gasteiger partial charge is 0.379 e. The average molecular weight is 261 g/mol. The van der Waals surface area contributed by atoms with Crippen LogP contribution in [0.2, 0.25) is 0 Å². The molecule has 0 aromatic carbocycles. The van der Waals surface area contributed by atoms with E-state index in [-0.39, 0.29) is 0 Å². The van der Waals surface area contributed by atoms with Crippen LogP contribution in [0.3, 0.4) is 0 Å². The SMILES string of the molecule is C1Cc2c(nc(C3CC3)n2CCOCC2CC2)CN1. The first-order valence-corrected chi connectivity index (χ1v) is 7.78. The summed E-state index contributed by atoms with van der Waals surface area (Å²) in [6, 6.07) is 0. The van der Waals surface area contributed by atoms with E-state index in [1.165, 1.54) is 42.9 Å². The molecule has 0 bridgehead atoms. The number of nitrogens with zero attached hydrogens (tertiary/aromatic N) is 2. The third-order valence-electron chi connectivity index (χ3n) is 4.47. The first-order valence-electron chi connectivity index (χ1n) is 7.78. The minimum atomic E-state index is 0.731. The molecule has 1 aromatic heterocycles. The quantitative estimate of drug-likeness (QED) is 0.794. The molecule has 0 unspecified atom stereocenters. The number of rotatable bonds is 6. The van der Waals surface area contributed by atoms with Crippen molar-refractivity contribution in [2.45, 2.75) is 51.1 Å². The number of ether oxygens (including phenoxy) is 1. The van der Waals surface area contributed by atoms with Gasteiger partial charge in [-0.25, -0.2) is 4.98 Å². The highest BCUT2D eigenvalue weighted by Crippen LogP contribution is 2.40. The molecule has 4 heteroatoms. The molecule has 1 N–H and O–H groups in total. The van der Waals surface area contributed by atoms with Crippen LogP contribution in [0, 0.1) is 5.92 Å². The number of aromatic nitrogens is 2. The fourth-order valence-electron chi connectivity index (χ4n) is 2.98. The first-order chi connectivity index (χ1) is 9.42. The maximum atomic E-state index is 5.81. The molecule has 2 aliphatic carbocycles. The fourth-order valence-corrected chi connectivity index (χ4v) is 2.98. The van der Waals surface area contributed by atoms with Gasteiger partial charge in [-0.15, -0.1) is 0 Å². The van der Waals surface area contributed by atoms with E-state index in [9.17, 15) is 0 Å². The van der Waals surface area contributed by atoms with E-state index < -0.39 is 0 Å². The Labute approximate surface area is 114 Å². The minimum Gasteiger partial charge on any atom is -0.379 e. The van der Waals surface area contributed by atoms with Crippen molar-refractivity contribution in [3.05, 3.63) is 17.2 Å². The second-order valence-corrected chi connectivity index (χ2v) is 6.23. The molecule has 0 amide bonds. The number of fused-ring (bicyclic) bond motifs is 1. The molecule has 0 spiro atoms. The Hall–Kier alpha value is -0.870. The third kappa shape index (κ3) is 2.56. The smallest absolute Gasteiger partial charge is 0.112 e. The summed E-state index contributed by atoms with van der Waals surface area (Å²) in [7, 11) is 0. The van der Waals surface area contributed by atoms with Crippen LogP contribution >= 0.6 is 0 Å². The molecule has 19 heavy (non-hydrogen) atoms. The van der Waals surface area contributed by atoms with Crippen LogP contribution < -0.4 is 5.32 Å². The van der Waals surface area contributed by atoms with Gasteiger partial charge in [-0.3, -0.25) is 0 Å². The van der Waals surface area contributed by atoms with Crippen LogP contribution in [0.25, 0.3) is 0 Å². The summed E-state index contributed by atoms with van der Waals surface area (Å²) in [4.78, 5) is 4.88. The molecule has 3 aliphatic rings. The molecular formula is C15H23N3O. The van der Waals surface area contributed by atoms with Gasteiger partial charge < -0.3 is 14.6 Å². The van der Waals surface area contributed by atoms with Crippen LogP contribution in [-0.4, -0.2) is 29.3 Å². The fraction of sp³-hybridized carbons (Fsp3) is 0.800. The summed E-state index contributed by atoms with van der Waals surface area (Å²) < 4.78 is 8.29. The van der Waals surface area contributed by atoms with Gasteiger partial charge in [-0.05, 0) is 31.6 Å². The normalized spacial score (nSPS) is 22.5. The van der Waals surface area contributed by atoms with Crippen molar-refractivity contribution < 1.29 is 4.74 Å². The van der Waals surface area contributed by atoms with Crippen LogP contribution in [0.15, 0.2) is 0 Å². The van der Waals surface area contributed by atoms with E-state index in [2.05, 4.69) is 9.88 Å². The van der Waals surface area contributed by atoms with E-state index in [1.54, 1.807) is 0 Å². The van der Waals surface area contributed by atoms with Crippen LogP contribution in [0.5, 0.6) is 0 Å². The number of imidazole rings is 1. The zero-order valence-electron chi connectivity index (χ0n) is 11.5. The Morgan fingerprint density at radius 2 is 2.16 bits per heavy atom. The van der Waals surface area contributed by atoms with Crippen molar-refractivity contribution >= 4 is 0 Å². The van der Waals surface area contributed by atoms with Gasteiger partial charge in [0.25, 0.3) is 0 Å². The number of hydrogen-bond acceptors (Lipinski definition) is 3. The highest BCUT2D eigenvalue weighted by atomic mass is 16.5. The molecule has 2 fully saturated rings. The molecule has 1 aliphatic heterocycles. The summed E-state index contributed by atoms with van der Waals surface area (Å²) >= 11 is 0. The lowest BCUT2D eigenvalue weighted by Gasteiger charge is -2.16. The zero-order valence-corrected chi connectivity index (χ0v) is 11.5. The first kappa shape index (κ1) is 11.9. The second kappa shape index (κ2) is 4.91. The monoisotopic (exact) mass is 261 g/mol. The van der Waals surface area contributed by atoms with Crippen molar-refractivity contribution in [1.29, 1.82) is 0 Å². The average Bonchev–Trinajstić information content (AvgIpc) is 3.33. The third-order valence-corrected chi connectivity index (χ3v) is 4.47. The molecule has 4 nitrogen and oxygen atoms in total. The van der Waals surface area contributed by atoms with Gasteiger partial charge in [-0.1, -0.05) is 0 Å². The number of nitrogens with one attached hydrogen (secondary N) is 1. The van der Waals surface area contributed by atoms with E-state index >= 15 is 0 Å². The van der Waals surface area contributed by atoms with E-state index in [4.69, 9.17) is 9.72 Å². The second-order valence-electron chi connectivity index (χ2n) is 6.23. The zero-order chi connectivity index (χ0) is 12.7. The summed E-state index contributed by atoms with van der Waals surface area (Å²) in [5.74, 6) is 2.93. The topological polar surface area (TPSA) is 39.1 Å².